The lowest BCUT2D eigenvalue weighted by Gasteiger charge is -2.11. The van der Waals surface area contributed by atoms with E-state index in [9.17, 15) is 8.78 Å². The summed E-state index contributed by atoms with van der Waals surface area (Å²) < 4.78 is 26.1. The molecule has 12 heavy (non-hydrogen) atoms. The summed E-state index contributed by atoms with van der Waals surface area (Å²) in [5, 5.41) is 0.654. The molecule has 0 aliphatic heterocycles. The second-order valence-electron chi connectivity index (χ2n) is 2.49. The van der Waals surface area contributed by atoms with Crippen molar-refractivity contribution in [2.24, 2.45) is 5.73 Å². The maximum atomic E-state index is 13.1. The van der Waals surface area contributed by atoms with Crippen LogP contribution in [0.2, 0.25) is 0 Å². The van der Waals surface area contributed by atoms with Gasteiger partial charge < -0.3 is 5.73 Å². The number of alkyl halides is 2. The van der Waals surface area contributed by atoms with Crippen molar-refractivity contribution in [3.8, 4) is 0 Å². The highest BCUT2D eigenvalue weighted by Gasteiger charge is 2.32. The van der Waals surface area contributed by atoms with Gasteiger partial charge in [0.05, 0.1) is 9.88 Å². The molecular weight excluding hydrogens is 182 g/mol. The van der Waals surface area contributed by atoms with Gasteiger partial charge in [0.2, 0.25) is 0 Å². The molecule has 0 aromatic carbocycles. The number of aromatic nitrogens is 1. The summed E-state index contributed by atoms with van der Waals surface area (Å²) in [4.78, 5) is 3.77. The molecule has 68 valence electrons. The SMILES string of the molecule is Cc1ncc(C(F)(F)CCN)s1. The van der Waals surface area contributed by atoms with Crippen molar-refractivity contribution >= 4 is 11.3 Å². The minimum Gasteiger partial charge on any atom is -0.330 e. The molecule has 0 saturated carbocycles. The fraction of sp³-hybridized carbons (Fsp3) is 0.571. The molecule has 0 atom stereocenters. The molecule has 0 aliphatic carbocycles. The third kappa shape index (κ3) is 1.98. The molecule has 0 unspecified atom stereocenters. The van der Waals surface area contributed by atoms with E-state index in [0.29, 0.717) is 5.01 Å². The lowest BCUT2D eigenvalue weighted by atomic mass is 10.2. The van der Waals surface area contributed by atoms with Crippen molar-refractivity contribution in [2.45, 2.75) is 19.3 Å². The van der Waals surface area contributed by atoms with E-state index in [1.807, 2.05) is 0 Å². The number of nitrogens with zero attached hydrogens (tertiary/aromatic N) is 1. The normalized spacial score (nSPS) is 12.0. The van der Waals surface area contributed by atoms with Crippen molar-refractivity contribution in [3.05, 3.63) is 16.1 Å². The van der Waals surface area contributed by atoms with Crippen molar-refractivity contribution < 1.29 is 8.78 Å². The van der Waals surface area contributed by atoms with Crippen LogP contribution in [0, 0.1) is 6.92 Å². The number of halogens is 2. The van der Waals surface area contributed by atoms with E-state index in [1.165, 1.54) is 6.20 Å². The Morgan fingerprint density at radius 3 is 2.75 bits per heavy atom. The summed E-state index contributed by atoms with van der Waals surface area (Å²) >= 11 is 1.02. The first-order valence-corrected chi connectivity index (χ1v) is 4.38. The van der Waals surface area contributed by atoms with Crippen molar-refractivity contribution in [1.29, 1.82) is 0 Å². The van der Waals surface area contributed by atoms with Crippen LogP contribution >= 0.6 is 11.3 Å². The van der Waals surface area contributed by atoms with Gasteiger partial charge in [-0.3, -0.25) is 0 Å². The standard InChI is InChI=1S/C7H10F2N2S/c1-5-11-4-6(12-5)7(8,9)2-3-10/h4H,2-3,10H2,1H3. The number of hydrogen-bond donors (Lipinski definition) is 1. The molecule has 1 aromatic rings. The van der Waals surface area contributed by atoms with Crippen LogP contribution in [0.3, 0.4) is 0 Å². The van der Waals surface area contributed by atoms with Crippen LogP contribution in [0.25, 0.3) is 0 Å². The quantitative estimate of drug-likeness (QED) is 0.794. The average molecular weight is 192 g/mol. The minimum absolute atomic E-state index is 0.00505. The van der Waals surface area contributed by atoms with Crippen LogP contribution in [0.15, 0.2) is 6.20 Å². The largest absolute Gasteiger partial charge is 0.330 e. The van der Waals surface area contributed by atoms with Crippen LogP contribution in [0.5, 0.6) is 0 Å². The molecule has 0 saturated heterocycles. The van der Waals surface area contributed by atoms with Crippen LogP contribution in [-0.2, 0) is 5.92 Å². The van der Waals surface area contributed by atoms with Gasteiger partial charge in [-0.25, -0.2) is 13.8 Å². The zero-order chi connectivity index (χ0) is 9.19. The first-order chi connectivity index (χ1) is 5.56. The van der Waals surface area contributed by atoms with Gasteiger partial charge in [-0.1, -0.05) is 0 Å². The summed E-state index contributed by atoms with van der Waals surface area (Å²) in [7, 11) is 0. The van der Waals surface area contributed by atoms with Crippen LogP contribution in [0.1, 0.15) is 16.3 Å². The first-order valence-electron chi connectivity index (χ1n) is 3.57. The molecule has 0 fully saturated rings. The van der Waals surface area contributed by atoms with E-state index in [4.69, 9.17) is 5.73 Å². The van der Waals surface area contributed by atoms with Gasteiger partial charge in [-0.2, -0.15) is 0 Å². The van der Waals surface area contributed by atoms with Crippen molar-refractivity contribution in [1.82, 2.24) is 4.98 Å². The van der Waals surface area contributed by atoms with E-state index in [0.717, 1.165) is 11.3 Å². The smallest absolute Gasteiger partial charge is 0.284 e. The minimum atomic E-state index is -2.80. The lowest BCUT2D eigenvalue weighted by Crippen LogP contribution is -2.17. The average Bonchev–Trinajstić information content (AvgIpc) is 2.36. The number of thiazole rings is 1. The summed E-state index contributed by atoms with van der Waals surface area (Å²) in [6.07, 6.45) is 0.907. The Kier molecular flexibility index (Phi) is 2.74. The van der Waals surface area contributed by atoms with Gasteiger partial charge >= 0.3 is 0 Å². The third-order valence-corrected chi connectivity index (χ3v) is 2.46. The maximum absolute atomic E-state index is 13.1. The zero-order valence-corrected chi connectivity index (χ0v) is 7.50. The highest BCUT2D eigenvalue weighted by Crippen LogP contribution is 2.34. The maximum Gasteiger partial charge on any atom is 0.284 e. The van der Waals surface area contributed by atoms with Crippen LogP contribution < -0.4 is 5.73 Å². The second kappa shape index (κ2) is 3.45. The van der Waals surface area contributed by atoms with Crippen molar-refractivity contribution in [3.63, 3.8) is 0 Å². The molecule has 0 bridgehead atoms. The molecular formula is C7H10F2N2S. The predicted octanol–water partition coefficient (Wildman–Crippen LogP) is 1.89. The Balaban J connectivity index is 2.81. The molecule has 2 N–H and O–H groups in total. The molecule has 0 amide bonds. The van der Waals surface area contributed by atoms with E-state index in [1.54, 1.807) is 6.92 Å². The van der Waals surface area contributed by atoms with Gasteiger partial charge in [0.15, 0.2) is 0 Å². The van der Waals surface area contributed by atoms with Gasteiger partial charge in [-0.05, 0) is 13.5 Å². The summed E-state index contributed by atoms with van der Waals surface area (Å²) in [5.74, 6) is -2.80. The number of aryl methyl sites for hydroxylation is 1. The Hall–Kier alpha value is -0.550. The molecule has 0 aliphatic rings. The fourth-order valence-corrected chi connectivity index (χ4v) is 1.62. The van der Waals surface area contributed by atoms with Crippen LogP contribution in [-0.4, -0.2) is 11.5 Å². The van der Waals surface area contributed by atoms with Gasteiger partial charge in [0.25, 0.3) is 5.92 Å². The first kappa shape index (κ1) is 9.54. The Morgan fingerprint density at radius 2 is 2.33 bits per heavy atom. The monoisotopic (exact) mass is 192 g/mol. The van der Waals surface area contributed by atoms with Crippen LogP contribution in [0.4, 0.5) is 8.78 Å². The molecule has 1 heterocycles. The molecule has 2 nitrogen and oxygen atoms in total. The highest BCUT2D eigenvalue weighted by atomic mass is 32.1. The number of hydrogen-bond acceptors (Lipinski definition) is 3. The summed E-state index contributed by atoms with van der Waals surface area (Å²) in [6.45, 7) is 1.69. The highest BCUT2D eigenvalue weighted by molar-refractivity contribution is 7.11. The third-order valence-electron chi connectivity index (χ3n) is 1.44. The molecule has 0 radical (unpaired) electrons. The Labute approximate surface area is 73.4 Å². The Bertz CT molecular complexity index is 260. The molecule has 5 heteroatoms. The topological polar surface area (TPSA) is 38.9 Å². The van der Waals surface area contributed by atoms with Gasteiger partial charge in [0, 0.05) is 12.6 Å². The van der Waals surface area contributed by atoms with E-state index < -0.39 is 5.92 Å². The van der Waals surface area contributed by atoms with E-state index in [-0.39, 0.29) is 17.8 Å². The van der Waals surface area contributed by atoms with E-state index >= 15 is 0 Å². The molecule has 1 rings (SSSR count). The number of nitrogens with two attached hydrogens (primary N) is 1. The van der Waals surface area contributed by atoms with Gasteiger partial charge in [-0.15, -0.1) is 11.3 Å². The predicted molar refractivity (Wildman–Crippen MR) is 44.4 cm³/mol. The summed E-state index contributed by atoms with van der Waals surface area (Å²) in [5.41, 5.74) is 5.06. The summed E-state index contributed by atoms with van der Waals surface area (Å²) in [6, 6.07) is 0. The Morgan fingerprint density at radius 1 is 1.67 bits per heavy atom. The van der Waals surface area contributed by atoms with Crippen molar-refractivity contribution in [2.75, 3.05) is 6.54 Å². The lowest BCUT2D eigenvalue weighted by molar-refractivity contribution is -0.00702. The molecule has 0 spiro atoms. The molecule has 1 aromatic heterocycles. The number of rotatable bonds is 3. The fourth-order valence-electron chi connectivity index (χ4n) is 0.835. The zero-order valence-electron chi connectivity index (χ0n) is 6.68. The van der Waals surface area contributed by atoms with E-state index in [2.05, 4.69) is 4.98 Å². The van der Waals surface area contributed by atoms with Gasteiger partial charge in [0.1, 0.15) is 0 Å². The second-order valence-corrected chi connectivity index (χ2v) is 3.72.